The summed E-state index contributed by atoms with van der Waals surface area (Å²) < 4.78 is 18.2. The maximum atomic E-state index is 11.0. The molecule has 0 spiro atoms. The van der Waals surface area contributed by atoms with Gasteiger partial charge in [0.1, 0.15) is 0 Å². The predicted molar refractivity (Wildman–Crippen MR) is 72.0 cm³/mol. The number of hydrogen-bond donors (Lipinski definition) is 6. The Morgan fingerprint density at radius 2 is 0.875 bits per heavy atom. The van der Waals surface area contributed by atoms with Crippen LogP contribution in [0.5, 0.6) is 0 Å². The first kappa shape index (κ1) is 21.0. The maximum absolute atomic E-state index is 11.0. The molecule has 0 aromatic heterocycles. The Kier molecular flexibility index (Phi) is 8.67. The third kappa shape index (κ3) is 7.32. The summed E-state index contributed by atoms with van der Waals surface area (Å²) >= 11 is 0. The first-order chi connectivity index (χ1) is 11.1. The molecule has 0 aliphatic rings. The van der Waals surface area contributed by atoms with E-state index in [9.17, 15) is 29.4 Å². The number of nitrogens with two attached hydrogens (primary N) is 4. The van der Waals surface area contributed by atoms with Gasteiger partial charge >= 0.3 is 24.4 Å². The summed E-state index contributed by atoms with van der Waals surface area (Å²) in [7, 11) is 0. The van der Waals surface area contributed by atoms with Crippen LogP contribution in [0.4, 0.5) is 19.2 Å². The van der Waals surface area contributed by atoms with Gasteiger partial charge in [-0.3, -0.25) is 0 Å². The third-order valence-electron chi connectivity index (χ3n) is 2.46. The van der Waals surface area contributed by atoms with Crippen molar-refractivity contribution < 1.29 is 48.3 Å². The minimum absolute atomic E-state index is 0.978. The first-order valence-electron chi connectivity index (χ1n) is 6.18. The molecule has 0 aromatic carbocycles. The Bertz CT molecular complexity index is 431. The number of primary amides is 4. The topological polar surface area (TPSA) is 250 Å². The molecule has 14 nitrogen and oxygen atoms in total. The lowest BCUT2D eigenvalue weighted by Gasteiger charge is -2.33. The van der Waals surface area contributed by atoms with E-state index in [0.717, 1.165) is 0 Å². The summed E-state index contributed by atoms with van der Waals surface area (Å²) in [6.45, 7) is -1.96. The van der Waals surface area contributed by atoms with E-state index in [1.54, 1.807) is 0 Å². The van der Waals surface area contributed by atoms with Crippen LogP contribution >= 0.6 is 0 Å². The highest BCUT2D eigenvalue weighted by atomic mass is 16.6. The van der Waals surface area contributed by atoms with Crippen LogP contribution in [0.3, 0.4) is 0 Å². The molecule has 0 rings (SSSR count). The fourth-order valence-electron chi connectivity index (χ4n) is 1.69. The van der Waals surface area contributed by atoms with Crippen molar-refractivity contribution in [3.63, 3.8) is 0 Å². The molecule has 10 N–H and O–H groups in total. The lowest BCUT2D eigenvalue weighted by Crippen LogP contribution is -2.55. The number of hydrogen-bond acceptors (Lipinski definition) is 10. The number of carbonyl (C=O) groups is 4. The van der Waals surface area contributed by atoms with Crippen molar-refractivity contribution in [1.29, 1.82) is 0 Å². The van der Waals surface area contributed by atoms with Crippen molar-refractivity contribution in [3.05, 3.63) is 0 Å². The molecule has 0 aliphatic carbocycles. The maximum Gasteiger partial charge on any atom is 0.405 e. The monoisotopic (exact) mass is 354 g/mol. The number of carbonyl (C=O) groups excluding carboxylic acids is 4. The fraction of sp³-hybridized carbons (Fsp3) is 0.600. The van der Waals surface area contributed by atoms with Gasteiger partial charge in [-0.15, -0.1) is 0 Å². The zero-order chi connectivity index (χ0) is 18.9. The van der Waals surface area contributed by atoms with Crippen molar-refractivity contribution in [2.24, 2.45) is 22.9 Å². The van der Waals surface area contributed by atoms with E-state index in [-0.39, 0.29) is 0 Å². The van der Waals surface area contributed by atoms with Gasteiger partial charge in [-0.1, -0.05) is 0 Å². The van der Waals surface area contributed by atoms with E-state index in [1.807, 2.05) is 0 Å². The molecule has 138 valence electrons. The summed E-state index contributed by atoms with van der Waals surface area (Å²) in [5.41, 5.74) is 19.3. The molecule has 24 heavy (non-hydrogen) atoms. The van der Waals surface area contributed by atoms with Gasteiger partial charge in [0, 0.05) is 0 Å². The van der Waals surface area contributed by atoms with Crippen molar-refractivity contribution in [1.82, 2.24) is 0 Å². The normalized spacial score (nSPS) is 15.2. The molecule has 0 radical (unpaired) electrons. The smallest absolute Gasteiger partial charge is 0.405 e. The molecule has 0 bridgehead atoms. The standard InChI is InChI=1S/C10H18N4O10/c11-7(17)21-3(1-15)5(23-9(13)19)6(24-10(14)20)4(2-16)22-8(12)18/h3-6,15-16H,1-2H2,(H2,11,17)(H2,12,18)(H2,13,19)(H2,14,20)/t3-,4-,5-,6-/m1/s1. The fourth-order valence-corrected chi connectivity index (χ4v) is 1.69. The Labute approximate surface area is 134 Å². The van der Waals surface area contributed by atoms with Gasteiger partial charge in [0.25, 0.3) is 0 Å². The van der Waals surface area contributed by atoms with E-state index < -0.39 is 62.0 Å². The summed E-state index contributed by atoms with van der Waals surface area (Å²) in [4.78, 5) is 43.7. The van der Waals surface area contributed by atoms with Gasteiger partial charge in [-0.25, -0.2) is 19.2 Å². The number of rotatable bonds is 9. The molecule has 4 amide bonds. The van der Waals surface area contributed by atoms with E-state index in [1.165, 1.54) is 0 Å². The molecule has 4 atom stereocenters. The molecular formula is C10H18N4O10. The molecule has 0 fully saturated rings. The Balaban J connectivity index is 5.74. The van der Waals surface area contributed by atoms with Crippen LogP contribution in [0.2, 0.25) is 0 Å². The quantitative estimate of drug-likeness (QED) is 0.226. The van der Waals surface area contributed by atoms with Crippen molar-refractivity contribution in [2.45, 2.75) is 24.4 Å². The van der Waals surface area contributed by atoms with Crippen molar-refractivity contribution in [2.75, 3.05) is 13.2 Å². The Hall–Kier alpha value is -3.00. The molecule has 0 aromatic rings. The van der Waals surface area contributed by atoms with Crippen LogP contribution in [0.25, 0.3) is 0 Å². The average molecular weight is 354 g/mol. The van der Waals surface area contributed by atoms with Gasteiger partial charge < -0.3 is 52.1 Å². The second-order valence-electron chi connectivity index (χ2n) is 4.12. The largest absolute Gasteiger partial charge is 0.440 e. The number of aliphatic hydroxyl groups excluding tert-OH is 2. The van der Waals surface area contributed by atoms with Crippen molar-refractivity contribution in [3.8, 4) is 0 Å². The van der Waals surface area contributed by atoms with E-state index >= 15 is 0 Å². The number of aliphatic hydroxyl groups is 2. The molecular weight excluding hydrogens is 336 g/mol. The summed E-state index contributed by atoms with van der Waals surface area (Å²) in [5, 5.41) is 18.5. The van der Waals surface area contributed by atoms with E-state index in [4.69, 9.17) is 22.9 Å². The zero-order valence-electron chi connectivity index (χ0n) is 12.2. The first-order valence-corrected chi connectivity index (χ1v) is 6.18. The van der Waals surface area contributed by atoms with Gasteiger partial charge in [-0.05, 0) is 0 Å². The summed E-state index contributed by atoms with van der Waals surface area (Å²) in [6, 6.07) is 0. The molecule has 0 saturated carbocycles. The molecule has 0 aliphatic heterocycles. The highest BCUT2D eigenvalue weighted by molar-refractivity contribution is 5.67. The predicted octanol–water partition coefficient (Wildman–Crippen LogP) is -3.17. The molecule has 0 heterocycles. The second-order valence-corrected chi connectivity index (χ2v) is 4.12. The lowest BCUT2D eigenvalue weighted by atomic mass is 10.0. The summed E-state index contributed by atoms with van der Waals surface area (Å²) in [5.74, 6) is 0. The average Bonchev–Trinajstić information content (AvgIpc) is 2.45. The SMILES string of the molecule is NC(=O)O[C@@H]([C@H](OC(N)=O)[C@@H](CO)OC(N)=O)[C@@H](CO)OC(N)=O. The molecule has 14 heteroatoms. The van der Waals surface area contributed by atoms with Gasteiger partial charge in [0.15, 0.2) is 24.4 Å². The third-order valence-corrected chi connectivity index (χ3v) is 2.46. The molecule has 0 saturated heterocycles. The Morgan fingerprint density at radius 3 is 1.04 bits per heavy atom. The van der Waals surface area contributed by atoms with Crippen LogP contribution in [0, 0.1) is 0 Å². The summed E-state index contributed by atoms with van der Waals surface area (Å²) in [6.07, 6.45) is -12.8. The van der Waals surface area contributed by atoms with Crippen LogP contribution in [0.1, 0.15) is 0 Å². The number of ether oxygens (including phenoxy) is 4. The minimum Gasteiger partial charge on any atom is -0.440 e. The van der Waals surface area contributed by atoms with Gasteiger partial charge in [0.05, 0.1) is 13.2 Å². The van der Waals surface area contributed by atoms with Crippen LogP contribution < -0.4 is 22.9 Å². The van der Waals surface area contributed by atoms with E-state index in [2.05, 4.69) is 18.9 Å². The van der Waals surface area contributed by atoms with Gasteiger partial charge in [-0.2, -0.15) is 0 Å². The lowest BCUT2D eigenvalue weighted by molar-refractivity contribution is -0.126. The Morgan fingerprint density at radius 1 is 0.625 bits per heavy atom. The van der Waals surface area contributed by atoms with Crippen LogP contribution in [-0.4, -0.2) is 72.2 Å². The highest BCUT2D eigenvalue weighted by Gasteiger charge is 2.43. The van der Waals surface area contributed by atoms with E-state index in [0.29, 0.717) is 0 Å². The van der Waals surface area contributed by atoms with Gasteiger partial charge in [0.2, 0.25) is 0 Å². The van der Waals surface area contributed by atoms with Crippen LogP contribution in [-0.2, 0) is 18.9 Å². The number of amides is 4. The highest BCUT2D eigenvalue weighted by Crippen LogP contribution is 2.18. The molecule has 0 unspecified atom stereocenters. The second kappa shape index (κ2) is 9.90. The van der Waals surface area contributed by atoms with Crippen molar-refractivity contribution >= 4 is 24.4 Å². The minimum atomic E-state index is -1.84. The zero-order valence-corrected chi connectivity index (χ0v) is 12.2. The van der Waals surface area contributed by atoms with Crippen LogP contribution in [0.15, 0.2) is 0 Å².